The highest BCUT2D eigenvalue weighted by atomic mass is 16.5. The largest absolute Gasteiger partial charge is 0.490 e. The van der Waals surface area contributed by atoms with Crippen LogP contribution in [0.5, 0.6) is 17.2 Å². The fraction of sp³-hybridized carbons (Fsp3) is 0.259. The minimum atomic E-state index is -0.488. The Labute approximate surface area is 213 Å². The van der Waals surface area contributed by atoms with Crippen LogP contribution < -0.4 is 31.0 Å². The van der Waals surface area contributed by atoms with Gasteiger partial charge >= 0.3 is 5.97 Å². The Morgan fingerprint density at radius 1 is 1.05 bits per heavy atom. The third kappa shape index (κ3) is 5.32. The van der Waals surface area contributed by atoms with E-state index < -0.39 is 18.0 Å². The molecule has 0 radical (unpaired) electrons. The summed E-state index contributed by atoms with van der Waals surface area (Å²) in [5.74, 6) is 0.755. The fourth-order valence-electron chi connectivity index (χ4n) is 4.19. The number of anilines is 3. The first-order valence-electron chi connectivity index (χ1n) is 11.6. The Morgan fingerprint density at radius 2 is 1.76 bits per heavy atom. The number of aromatic nitrogens is 1. The first-order chi connectivity index (χ1) is 17.5. The lowest BCUT2D eigenvalue weighted by Crippen LogP contribution is -2.33. The second kappa shape index (κ2) is 10.2. The van der Waals surface area contributed by atoms with Crippen LogP contribution in [0.3, 0.4) is 0 Å². The number of nitrogens with two attached hydrogens (primary N) is 2. The summed E-state index contributed by atoms with van der Waals surface area (Å²) < 4.78 is 17.4. The first-order valence-corrected chi connectivity index (χ1v) is 11.6. The van der Waals surface area contributed by atoms with Crippen LogP contribution in [-0.2, 0) is 4.79 Å². The van der Waals surface area contributed by atoms with Crippen molar-refractivity contribution < 1.29 is 28.6 Å². The Balaban J connectivity index is 1.41. The SMILES string of the molecule is CC(=O)Oc1c(C)c(C)c2c(c1C)C(=O)CC(COc1ccc(NC(=O)c3ccc(N)nc3N)cc1)O2. The van der Waals surface area contributed by atoms with E-state index >= 15 is 0 Å². The van der Waals surface area contributed by atoms with Crippen molar-refractivity contribution in [3.8, 4) is 17.2 Å². The maximum atomic E-state index is 13.0. The normalized spacial score (nSPS) is 14.4. The van der Waals surface area contributed by atoms with Gasteiger partial charge in [-0.25, -0.2) is 4.98 Å². The summed E-state index contributed by atoms with van der Waals surface area (Å²) >= 11 is 0. The smallest absolute Gasteiger partial charge is 0.308 e. The van der Waals surface area contributed by atoms with Gasteiger partial charge in [-0.2, -0.15) is 0 Å². The van der Waals surface area contributed by atoms with Gasteiger partial charge in [0.2, 0.25) is 0 Å². The Kier molecular flexibility index (Phi) is 7.01. The average molecular weight is 505 g/mol. The van der Waals surface area contributed by atoms with E-state index in [2.05, 4.69) is 10.3 Å². The maximum absolute atomic E-state index is 13.0. The van der Waals surface area contributed by atoms with Crippen molar-refractivity contribution >= 4 is 35.0 Å². The molecule has 1 unspecified atom stereocenters. The third-order valence-electron chi connectivity index (χ3n) is 6.15. The minimum absolute atomic E-state index is 0.0456. The Hall–Kier alpha value is -4.60. The van der Waals surface area contributed by atoms with E-state index in [9.17, 15) is 14.4 Å². The number of ether oxygens (including phenoxy) is 3. The third-order valence-corrected chi connectivity index (χ3v) is 6.15. The first kappa shape index (κ1) is 25.5. The van der Waals surface area contributed by atoms with Crippen LogP contribution in [0.25, 0.3) is 0 Å². The van der Waals surface area contributed by atoms with Crippen LogP contribution in [0.2, 0.25) is 0 Å². The maximum Gasteiger partial charge on any atom is 0.308 e. The number of benzene rings is 2. The number of carbonyl (C=O) groups excluding carboxylic acids is 3. The average Bonchev–Trinajstić information content (AvgIpc) is 2.84. The van der Waals surface area contributed by atoms with Crippen LogP contribution in [0.4, 0.5) is 17.3 Å². The molecule has 0 fully saturated rings. The molecule has 192 valence electrons. The van der Waals surface area contributed by atoms with Gasteiger partial charge in [-0.15, -0.1) is 0 Å². The van der Waals surface area contributed by atoms with E-state index in [-0.39, 0.29) is 36.0 Å². The molecule has 2 aromatic carbocycles. The van der Waals surface area contributed by atoms with Crippen LogP contribution in [0, 0.1) is 20.8 Å². The number of esters is 1. The topological polar surface area (TPSA) is 156 Å². The van der Waals surface area contributed by atoms with E-state index in [0.717, 1.165) is 11.1 Å². The zero-order chi connectivity index (χ0) is 26.9. The molecule has 0 bridgehead atoms. The molecule has 5 N–H and O–H groups in total. The second-order valence-corrected chi connectivity index (χ2v) is 8.83. The molecule has 10 nitrogen and oxygen atoms in total. The van der Waals surface area contributed by atoms with Crippen LogP contribution in [-0.4, -0.2) is 35.4 Å². The quantitative estimate of drug-likeness (QED) is 0.336. The lowest BCUT2D eigenvalue weighted by molar-refractivity contribution is -0.132. The molecule has 0 saturated carbocycles. The number of nitrogens with one attached hydrogen (secondary N) is 1. The Morgan fingerprint density at radius 3 is 2.41 bits per heavy atom. The fourth-order valence-corrected chi connectivity index (χ4v) is 4.19. The Bertz CT molecular complexity index is 1400. The van der Waals surface area contributed by atoms with Crippen LogP contribution in [0.15, 0.2) is 36.4 Å². The summed E-state index contributed by atoms with van der Waals surface area (Å²) in [6.45, 7) is 6.88. The van der Waals surface area contributed by atoms with Crippen LogP contribution >= 0.6 is 0 Å². The number of nitrogen functional groups attached to an aromatic ring is 2. The summed E-state index contributed by atoms with van der Waals surface area (Å²) in [4.78, 5) is 40.9. The summed E-state index contributed by atoms with van der Waals surface area (Å²) in [5, 5.41) is 2.75. The molecule has 1 amide bonds. The van der Waals surface area contributed by atoms with Crippen molar-refractivity contribution in [2.75, 3.05) is 23.4 Å². The number of hydrogen-bond acceptors (Lipinski definition) is 9. The zero-order valence-electron chi connectivity index (χ0n) is 21.0. The highest BCUT2D eigenvalue weighted by Crippen LogP contribution is 2.41. The van der Waals surface area contributed by atoms with Crippen molar-refractivity contribution in [1.82, 2.24) is 4.98 Å². The molecular weight excluding hydrogens is 476 g/mol. The predicted octanol–water partition coefficient (Wildman–Crippen LogP) is 3.76. The van der Waals surface area contributed by atoms with Crippen LogP contribution in [0.1, 0.15) is 50.8 Å². The van der Waals surface area contributed by atoms with Gasteiger partial charge < -0.3 is 31.0 Å². The molecule has 4 rings (SSSR count). The minimum Gasteiger partial charge on any atom is -0.490 e. The van der Waals surface area contributed by atoms with Gasteiger partial charge in [0.1, 0.15) is 41.6 Å². The van der Waals surface area contributed by atoms with Gasteiger partial charge in [0, 0.05) is 18.2 Å². The van der Waals surface area contributed by atoms with Gasteiger partial charge in [-0.05, 0) is 68.3 Å². The van der Waals surface area contributed by atoms with Gasteiger partial charge in [0.25, 0.3) is 5.91 Å². The number of ketones is 1. The zero-order valence-corrected chi connectivity index (χ0v) is 21.0. The van der Waals surface area contributed by atoms with E-state index in [1.54, 1.807) is 31.2 Å². The van der Waals surface area contributed by atoms with Crippen molar-refractivity contribution in [3.63, 3.8) is 0 Å². The lowest BCUT2D eigenvalue weighted by atomic mass is 9.91. The molecule has 1 aliphatic rings. The van der Waals surface area contributed by atoms with Gasteiger partial charge in [0.15, 0.2) is 5.78 Å². The molecule has 0 spiro atoms. The summed E-state index contributed by atoms with van der Waals surface area (Å²) in [5.41, 5.74) is 14.6. The number of rotatable bonds is 6. The lowest BCUT2D eigenvalue weighted by Gasteiger charge is -2.29. The molecular formula is C27H28N4O6. The highest BCUT2D eigenvalue weighted by molar-refractivity contribution is 6.07. The molecule has 10 heteroatoms. The molecule has 2 heterocycles. The van der Waals surface area contributed by atoms with Gasteiger partial charge in [-0.1, -0.05) is 0 Å². The molecule has 1 aliphatic heterocycles. The van der Waals surface area contributed by atoms with E-state index in [0.29, 0.717) is 34.1 Å². The monoisotopic (exact) mass is 504 g/mol. The number of carbonyl (C=O) groups is 3. The van der Waals surface area contributed by atoms with Gasteiger partial charge in [-0.3, -0.25) is 14.4 Å². The van der Waals surface area contributed by atoms with E-state index in [4.69, 9.17) is 25.7 Å². The number of hydrogen-bond donors (Lipinski definition) is 3. The van der Waals surface area contributed by atoms with E-state index in [1.165, 1.54) is 19.1 Å². The number of pyridine rings is 1. The van der Waals surface area contributed by atoms with Crippen molar-refractivity contribution in [2.24, 2.45) is 0 Å². The number of Topliss-reactive ketones (excluding diaryl/α,β-unsaturated/α-hetero) is 1. The van der Waals surface area contributed by atoms with Crippen molar-refractivity contribution in [2.45, 2.75) is 40.2 Å². The highest BCUT2D eigenvalue weighted by Gasteiger charge is 2.33. The molecule has 1 atom stereocenters. The van der Waals surface area contributed by atoms with Crippen molar-refractivity contribution in [1.29, 1.82) is 0 Å². The summed E-state index contributed by atoms with van der Waals surface area (Å²) in [6.07, 6.45) is -0.362. The molecule has 1 aromatic heterocycles. The number of amides is 1. The second-order valence-electron chi connectivity index (χ2n) is 8.83. The molecule has 0 aliphatic carbocycles. The number of nitrogens with zero attached hydrogens (tertiary/aromatic N) is 1. The predicted molar refractivity (Wildman–Crippen MR) is 138 cm³/mol. The standard InChI is InChI=1S/C27H28N4O6/c1-13-14(2)25-23(15(3)24(13)36-16(4)32)21(33)11-19(37-25)12-35-18-7-5-17(6-8-18)30-27(34)20-9-10-22(28)31-26(20)29/h5-10,19H,11-12H2,1-4H3,(H,30,34)(H4,28,29,31). The summed E-state index contributed by atoms with van der Waals surface area (Å²) in [6, 6.07) is 9.78. The molecule has 3 aromatic rings. The molecule has 0 saturated heterocycles. The summed E-state index contributed by atoms with van der Waals surface area (Å²) in [7, 11) is 0. The molecule has 37 heavy (non-hydrogen) atoms. The van der Waals surface area contributed by atoms with E-state index in [1.807, 2.05) is 13.8 Å². The number of fused-ring (bicyclic) bond motifs is 1. The van der Waals surface area contributed by atoms with Crippen molar-refractivity contribution in [3.05, 3.63) is 64.2 Å². The van der Waals surface area contributed by atoms with Gasteiger partial charge in [0.05, 0.1) is 17.5 Å².